The van der Waals surface area contributed by atoms with Gasteiger partial charge in [0.05, 0.1) is 12.0 Å². The minimum atomic E-state index is -4.05. The van der Waals surface area contributed by atoms with Crippen LogP contribution in [0.3, 0.4) is 0 Å². The second-order valence-electron chi connectivity index (χ2n) is 4.10. The van der Waals surface area contributed by atoms with Crippen LogP contribution in [-0.4, -0.2) is 32.6 Å². The summed E-state index contributed by atoms with van der Waals surface area (Å²) in [4.78, 5) is 10.7. The molecule has 0 saturated heterocycles. The van der Waals surface area contributed by atoms with Crippen LogP contribution in [0.2, 0.25) is 0 Å². The molecular weight excluding hydrogens is 289 g/mol. The first kappa shape index (κ1) is 16.4. The van der Waals surface area contributed by atoms with Crippen LogP contribution in [0.4, 0.5) is 4.39 Å². The third kappa shape index (κ3) is 3.91. The lowest BCUT2D eigenvalue weighted by Gasteiger charge is -2.14. The van der Waals surface area contributed by atoms with Crippen molar-refractivity contribution in [3.05, 3.63) is 24.0 Å². The number of rotatable bonds is 7. The van der Waals surface area contributed by atoms with Crippen LogP contribution >= 0.6 is 0 Å². The Labute approximate surface area is 116 Å². The normalized spacial score (nSPS) is 12.9. The molecule has 0 aliphatic heterocycles. The summed E-state index contributed by atoms with van der Waals surface area (Å²) in [5.74, 6) is -2.19. The Morgan fingerprint density at radius 1 is 1.50 bits per heavy atom. The van der Waals surface area contributed by atoms with E-state index in [0.717, 1.165) is 18.2 Å². The number of carbonyl (C=O) groups is 1. The van der Waals surface area contributed by atoms with Gasteiger partial charge in [0.2, 0.25) is 10.0 Å². The first-order valence-corrected chi connectivity index (χ1v) is 7.38. The lowest BCUT2D eigenvalue weighted by atomic mass is 10.2. The molecule has 0 amide bonds. The maximum Gasteiger partial charge on any atom is 0.321 e. The van der Waals surface area contributed by atoms with Crippen molar-refractivity contribution in [3.8, 4) is 5.75 Å². The fourth-order valence-electron chi connectivity index (χ4n) is 1.58. The van der Waals surface area contributed by atoms with Crippen LogP contribution in [-0.2, 0) is 14.8 Å². The summed E-state index contributed by atoms with van der Waals surface area (Å²) in [6, 6.07) is 1.78. The number of carboxylic acids is 1. The maximum atomic E-state index is 13.2. The van der Waals surface area contributed by atoms with E-state index in [0.29, 0.717) is 6.42 Å². The molecule has 20 heavy (non-hydrogen) atoms. The molecule has 1 unspecified atom stereocenters. The van der Waals surface area contributed by atoms with Crippen LogP contribution in [0.25, 0.3) is 0 Å². The van der Waals surface area contributed by atoms with Crippen LogP contribution < -0.4 is 9.46 Å². The summed E-state index contributed by atoms with van der Waals surface area (Å²) in [6.07, 6.45) is 0.666. The molecule has 0 radical (unpaired) electrons. The Kier molecular flexibility index (Phi) is 5.46. The van der Waals surface area contributed by atoms with Crippen LogP contribution in [0.1, 0.15) is 19.8 Å². The topological polar surface area (TPSA) is 92.7 Å². The van der Waals surface area contributed by atoms with Crippen molar-refractivity contribution in [2.24, 2.45) is 0 Å². The summed E-state index contributed by atoms with van der Waals surface area (Å²) >= 11 is 0. The van der Waals surface area contributed by atoms with Gasteiger partial charge in [-0.3, -0.25) is 4.79 Å². The molecule has 2 N–H and O–H groups in total. The van der Waals surface area contributed by atoms with Gasteiger partial charge in [-0.05, 0) is 18.6 Å². The van der Waals surface area contributed by atoms with Crippen molar-refractivity contribution in [1.82, 2.24) is 4.72 Å². The molecule has 1 aromatic carbocycles. The van der Waals surface area contributed by atoms with Crippen molar-refractivity contribution in [2.45, 2.75) is 30.7 Å². The highest BCUT2D eigenvalue weighted by Crippen LogP contribution is 2.21. The van der Waals surface area contributed by atoms with E-state index < -0.39 is 27.9 Å². The molecule has 1 aromatic rings. The minimum absolute atomic E-state index is 0.160. The van der Waals surface area contributed by atoms with Crippen molar-refractivity contribution >= 4 is 16.0 Å². The largest absolute Gasteiger partial charge is 0.494 e. The number of aliphatic carboxylic acids is 1. The van der Waals surface area contributed by atoms with E-state index in [-0.39, 0.29) is 17.1 Å². The molecule has 0 spiro atoms. The van der Waals surface area contributed by atoms with Gasteiger partial charge in [0, 0.05) is 6.07 Å². The molecule has 0 bridgehead atoms. The number of halogens is 1. The Morgan fingerprint density at radius 2 is 2.15 bits per heavy atom. The summed E-state index contributed by atoms with van der Waals surface area (Å²) < 4.78 is 44.1. The van der Waals surface area contributed by atoms with Gasteiger partial charge in [-0.15, -0.1) is 0 Å². The van der Waals surface area contributed by atoms with Gasteiger partial charge >= 0.3 is 5.97 Å². The summed E-state index contributed by atoms with van der Waals surface area (Å²) in [6.45, 7) is 1.74. The zero-order chi connectivity index (χ0) is 15.3. The van der Waals surface area contributed by atoms with Gasteiger partial charge in [-0.1, -0.05) is 13.3 Å². The van der Waals surface area contributed by atoms with Gasteiger partial charge in [-0.25, -0.2) is 12.8 Å². The lowest BCUT2D eigenvalue weighted by molar-refractivity contribution is -0.139. The number of ether oxygens (including phenoxy) is 1. The number of benzene rings is 1. The van der Waals surface area contributed by atoms with Gasteiger partial charge in [0.15, 0.2) is 11.6 Å². The molecule has 1 atom stereocenters. The number of methoxy groups -OCH3 is 1. The fraction of sp³-hybridized carbons (Fsp3) is 0.417. The monoisotopic (exact) mass is 305 g/mol. The SMILES string of the molecule is CCCC(NS(=O)(=O)c1ccc(F)c(OC)c1)C(=O)O. The van der Waals surface area contributed by atoms with Crippen LogP contribution in [0.15, 0.2) is 23.1 Å². The van der Waals surface area contributed by atoms with Gasteiger partial charge in [0.1, 0.15) is 6.04 Å². The number of sulfonamides is 1. The van der Waals surface area contributed by atoms with Crippen LogP contribution in [0.5, 0.6) is 5.75 Å². The number of hydrogen-bond acceptors (Lipinski definition) is 4. The van der Waals surface area contributed by atoms with Crippen molar-refractivity contribution in [2.75, 3.05) is 7.11 Å². The third-order valence-electron chi connectivity index (χ3n) is 2.61. The molecule has 0 heterocycles. The zero-order valence-corrected chi connectivity index (χ0v) is 11.9. The average molecular weight is 305 g/mol. The number of hydrogen-bond donors (Lipinski definition) is 2. The molecule has 112 valence electrons. The minimum Gasteiger partial charge on any atom is -0.494 e. The molecular formula is C12H16FNO5S. The average Bonchev–Trinajstić information content (AvgIpc) is 2.38. The van der Waals surface area contributed by atoms with E-state index in [2.05, 4.69) is 4.72 Å². The van der Waals surface area contributed by atoms with Crippen molar-refractivity contribution < 1.29 is 27.4 Å². The van der Waals surface area contributed by atoms with E-state index in [1.54, 1.807) is 6.92 Å². The standard InChI is InChI=1S/C12H16FNO5S/c1-3-4-10(12(15)16)14-20(17,18)8-5-6-9(13)11(7-8)19-2/h5-7,10,14H,3-4H2,1-2H3,(H,15,16). The number of nitrogens with one attached hydrogen (secondary N) is 1. The quantitative estimate of drug-likeness (QED) is 0.793. The van der Waals surface area contributed by atoms with E-state index in [1.807, 2.05) is 0 Å². The summed E-state index contributed by atoms with van der Waals surface area (Å²) in [5, 5.41) is 8.95. The van der Waals surface area contributed by atoms with Crippen molar-refractivity contribution in [3.63, 3.8) is 0 Å². The van der Waals surface area contributed by atoms with Crippen LogP contribution in [0, 0.1) is 5.82 Å². The predicted octanol–water partition coefficient (Wildman–Crippen LogP) is 1.37. The van der Waals surface area contributed by atoms with Gasteiger partial charge in [-0.2, -0.15) is 4.72 Å². The van der Waals surface area contributed by atoms with E-state index in [1.165, 1.54) is 7.11 Å². The maximum absolute atomic E-state index is 13.2. The molecule has 8 heteroatoms. The Bertz CT molecular complexity index is 588. The lowest BCUT2D eigenvalue weighted by Crippen LogP contribution is -2.40. The molecule has 1 rings (SSSR count). The molecule has 6 nitrogen and oxygen atoms in total. The van der Waals surface area contributed by atoms with E-state index in [4.69, 9.17) is 9.84 Å². The smallest absolute Gasteiger partial charge is 0.321 e. The highest BCUT2D eigenvalue weighted by Gasteiger charge is 2.25. The zero-order valence-electron chi connectivity index (χ0n) is 11.1. The highest BCUT2D eigenvalue weighted by molar-refractivity contribution is 7.89. The molecule has 0 aromatic heterocycles. The third-order valence-corrected chi connectivity index (χ3v) is 4.08. The summed E-state index contributed by atoms with van der Waals surface area (Å²) in [7, 11) is -2.85. The molecule has 0 aliphatic carbocycles. The second kappa shape index (κ2) is 6.67. The molecule has 0 saturated carbocycles. The first-order valence-electron chi connectivity index (χ1n) is 5.90. The van der Waals surface area contributed by atoms with Crippen molar-refractivity contribution in [1.29, 1.82) is 0 Å². The van der Waals surface area contributed by atoms with Gasteiger partial charge in [0.25, 0.3) is 0 Å². The second-order valence-corrected chi connectivity index (χ2v) is 5.81. The van der Waals surface area contributed by atoms with E-state index in [9.17, 15) is 17.6 Å². The molecule has 0 aliphatic rings. The first-order chi connectivity index (χ1) is 9.31. The molecule has 0 fully saturated rings. The Balaban J connectivity index is 3.07. The number of carboxylic acid groups (broad SMARTS) is 1. The predicted molar refractivity (Wildman–Crippen MR) is 69.6 cm³/mol. The van der Waals surface area contributed by atoms with E-state index >= 15 is 0 Å². The Morgan fingerprint density at radius 3 is 2.65 bits per heavy atom. The summed E-state index contributed by atoms with van der Waals surface area (Å²) in [5.41, 5.74) is 0. The fourth-order valence-corrected chi connectivity index (χ4v) is 2.82. The Hall–Kier alpha value is -1.67. The van der Waals surface area contributed by atoms with Gasteiger partial charge < -0.3 is 9.84 Å². The highest BCUT2D eigenvalue weighted by atomic mass is 32.2.